The lowest BCUT2D eigenvalue weighted by Gasteiger charge is -2.22. The average molecular weight is 1030 g/mol. The van der Waals surface area contributed by atoms with Gasteiger partial charge in [-0.2, -0.15) is 0 Å². The zero-order chi connectivity index (χ0) is 62.2. The molecule has 0 aliphatic heterocycles. The monoisotopic (exact) mass is 1020 g/mol. The number of amides is 4. The fourth-order valence-electron chi connectivity index (χ4n) is 11.3. The lowest BCUT2D eigenvalue weighted by atomic mass is 9.82. The molecule has 71 heavy (non-hydrogen) atoms. The fourth-order valence-corrected chi connectivity index (χ4v) is 11.9. The van der Waals surface area contributed by atoms with E-state index in [1.54, 1.807) is 13.0 Å². The largest absolute Gasteiger partial charge is 0.369 e. The van der Waals surface area contributed by atoms with Gasteiger partial charge in [0.15, 0.2) is 0 Å². The van der Waals surface area contributed by atoms with Crippen LogP contribution in [0.25, 0.3) is 22.3 Å². The Morgan fingerprint density at radius 1 is 0.507 bits per heavy atom. The lowest BCUT2D eigenvalue weighted by molar-refractivity contribution is -0.121. The van der Waals surface area contributed by atoms with Crippen molar-refractivity contribution in [2.24, 2.45) is 46.6 Å². The van der Waals surface area contributed by atoms with Crippen molar-refractivity contribution in [3.8, 4) is 0 Å². The molecule has 0 bridgehead atoms. The van der Waals surface area contributed by atoms with Crippen LogP contribution in [-0.4, -0.2) is 23.6 Å². The van der Waals surface area contributed by atoms with Gasteiger partial charge in [-0.15, -0.1) is 0 Å². The second kappa shape index (κ2) is 20.6. The zero-order valence-electron chi connectivity index (χ0n) is 53.2. The third-order valence-electron chi connectivity index (χ3n) is 14.7. The first-order valence-electron chi connectivity index (χ1n) is 30.4. The number of carbonyl (C=O) groups is 4. The van der Waals surface area contributed by atoms with E-state index < -0.39 is 72.8 Å². The molecule has 12 rings (SSSR count). The van der Waals surface area contributed by atoms with Gasteiger partial charge in [0.25, 0.3) is 0 Å². The van der Waals surface area contributed by atoms with Crippen molar-refractivity contribution < 1.29 is 37.0 Å². The molecule has 0 saturated carbocycles. The van der Waals surface area contributed by atoms with Crippen LogP contribution in [0.1, 0.15) is 161 Å². The highest BCUT2D eigenvalue weighted by molar-refractivity contribution is 6.32. The molecule has 4 unspecified atom stereocenters. The summed E-state index contributed by atoms with van der Waals surface area (Å²) in [6.45, 7) is 7.48. The van der Waals surface area contributed by atoms with Gasteiger partial charge in [0.1, 0.15) is 0 Å². The number of hydrogen-bond acceptors (Lipinski definition) is 4. The van der Waals surface area contributed by atoms with Gasteiger partial charge in [0, 0.05) is 27.4 Å². The molecule has 0 heterocycles. The summed E-state index contributed by atoms with van der Waals surface area (Å²) in [4.78, 5) is 47.1. The third-order valence-corrected chi connectivity index (χ3v) is 15.6. The minimum atomic E-state index is -1.95. The highest BCUT2D eigenvalue weighted by atomic mass is 35.5. The van der Waals surface area contributed by atoms with Crippen LogP contribution in [0.2, 0.25) is 15.1 Å². The highest BCUT2D eigenvalue weighted by Crippen LogP contribution is 2.49. The standard InChI is InChI=1S/3C15H16ClNO.C15H17NO/c2*1-8-5-9-6-13-10(12(9)7-14(8)16)3-2-4-11(13)15(17)18;1-8-5-9(16)6-13-10-3-2-4-11(15(17)18)14(10)7-12(8)13;1-9-5-6-10-8-14-11(13(10)7-9)3-2-4-12(14)15(16)17/h2*5,7,11H,2-4,6H2,1H3,(H2,17,18);5-6,11H,2-4,7H2,1H3,(H2,17,18);5-7,12H,2-4,8H2,1H3,(H2,16,17)/i4D2,5D,7D;4D2,7D;4D2,6D;4D2,12D. The lowest BCUT2D eigenvalue weighted by Crippen LogP contribution is -2.27. The van der Waals surface area contributed by atoms with Crippen molar-refractivity contribution in [3.05, 3.63) is 159 Å². The molecule has 4 atom stereocenters. The first-order chi connectivity index (χ1) is 38.9. The van der Waals surface area contributed by atoms with Crippen LogP contribution in [0.4, 0.5) is 0 Å². The summed E-state index contributed by atoms with van der Waals surface area (Å²) < 4.78 is 106. The summed E-state index contributed by atoms with van der Waals surface area (Å²) in [5.74, 6) is -7.61. The van der Waals surface area contributed by atoms with Crippen LogP contribution in [0.15, 0.2) is 76.8 Å². The van der Waals surface area contributed by atoms with Crippen LogP contribution < -0.4 is 22.9 Å². The third kappa shape index (κ3) is 9.93. The van der Waals surface area contributed by atoms with Gasteiger partial charge >= 0.3 is 0 Å². The van der Waals surface area contributed by atoms with Crippen LogP contribution >= 0.6 is 34.8 Å². The first kappa shape index (κ1) is 36.5. The van der Waals surface area contributed by atoms with E-state index in [0.29, 0.717) is 89.2 Å². The molecule has 4 amide bonds. The van der Waals surface area contributed by atoms with Gasteiger partial charge in [-0.1, -0.05) is 70.7 Å². The van der Waals surface area contributed by atoms with Gasteiger partial charge in [0.05, 0.1) is 29.1 Å². The maximum absolute atomic E-state index is 11.8. The Labute approximate surface area is 451 Å². The SMILES string of the molecule is [2H]C1([2H])CCC2=C(Cc3ccc(C)cc32)C1([2H])C(N)=O.[2H]c1c(C)c(Cl)c([2H])c2c1CC1=C2CCC([2H])([2H])C1C(N)=O.[2H]c1c(Cl)c(C)cc2c1C1=C(C2)C(C(N)=O)C([2H])([2H])CC1.[2H]c1c(Cl)cc(C)c2c1C1=C(C2)C(C(N)=O)C([2H])([2H])CC1. The van der Waals surface area contributed by atoms with Crippen LogP contribution in [-0.2, 0) is 44.9 Å². The molecular weight excluding hydrogens is 947 g/mol. The molecule has 8 aliphatic carbocycles. The second-order valence-electron chi connectivity index (χ2n) is 19.2. The van der Waals surface area contributed by atoms with Gasteiger partial charge < -0.3 is 22.9 Å². The quantitative estimate of drug-likeness (QED) is 0.159. The van der Waals surface area contributed by atoms with Crippen LogP contribution in [0, 0.1) is 51.3 Å². The number of halogens is 3. The number of carbonyl (C=O) groups excluding carboxylic acids is 4. The van der Waals surface area contributed by atoms with Crippen molar-refractivity contribution in [1.29, 1.82) is 0 Å². The Hall–Kier alpha value is -5.41. The van der Waals surface area contributed by atoms with Crippen LogP contribution in [0.5, 0.6) is 0 Å². The predicted molar refractivity (Wildman–Crippen MR) is 288 cm³/mol. The summed E-state index contributed by atoms with van der Waals surface area (Å²) in [6, 6.07) is 10.7. The maximum Gasteiger partial charge on any atom is 0.224 e. The molecule has 0 fully saturated rings. The van der Waals surface area contributed by atoms with Gasteiger partial charge in [-0.05, 0) is 260 Å². The number of aryl methyl sites for hydroxylation is 3. The Morgan fingerprint density at radius 3 is 1.55 bits per heavy atom. The summed E-state index contributed by atoms with van der Waals surface area (Å²) in [6.07, 6.45) is -2.24. The van der Waals surface area contributed by atoms with Crippen molar-refractivity contribution in [2.45, 2.75) is 130 Å². The average Bonchev–Trinajstić information content (AvgIpc) is 1.70. The molecule has 8 N–H and O–H groups in total. The number of benzene rings is 4. The van der Waals surface area contributed by atoms with E-state index in [0.717, 1.165) is 83.5 Å². The van der Waals surface area contributed by atoms with Gasteiger partial charge in [-0.3, -0.25) is 19.2 Å². The smallest absolute Gasteiger partial charge is 0.224 e. The minimum absolute atomic E-state index is 0.158. The molecule has 370 valence electrons. The Morgan fingerprint density at radius 2 is 0.986 bits per heavy atom. The van der Waals surface area contributed by atoms with E-state index in [1.807, 2.05) is 39.0 Å². The molecule has 0 radical (unpaired) electrons. The highest BCUT2D eigenvalue weighted by Gasteiger charge is 2.37. The fraction of sp³-hybridized carbons (Fsp3) is 0.400. The van der Waals surface area contributed by atoms with Crippen LogP contribution in [0.3, 0.4) is 0 Å². The predicted octanol–water partition coefficient (Wildman–Crippen LogP) is 12.3. The van der Waals surface area contributed by atoms with E-state index in [4.69, 9.17) is 75.6 Å². The molecule has 0 saturated heterocycles. The van der Waals surface area contributed by atoms with Gasteiger partial charge in [-0.25, -0.2) is 0 Å². The summed E-state index contributed by atoms with van der Waals surface area (Å²) in [5, 5.41) is 1.07. The Balaban J connectivity index is 0.000000134. The summed E-state index contributed by atoms with van der Waals surface area (Å²) in [7, 11) is 0. The van der Waals surface area contributed by atoms with E-state index >= 15 is 0 Å². The zero-order valence-corrected chi connectivity index (χ0v) is 42.4. The first-order valence-corrected chi connectivity index (χ1v) is 25.1. The maximum atomic E-state index is 11.8. The minimum Gasteiger partial charge on any atom is -0.369 e. The molecule has 0 aromatic heterocycles. The summed E-state index contributed by atoms with van der Waals surface area (Å²) in [5.41, 5.74) is 38.3. The van der Waals surface area contributed by atoms with E-state index in [2.05, 4.69) is 6.07 Å². The van der Waals surface area contributed by atoms with Crippen molar-refractivity contribution in [3.63, 3.8) is 0 Å². The number of rotatable bonds is 4. The molecule has 8 aliphatic rings. The molecule has 0 spiro atoms. The second-order valence-corrected chi connectivity index (χ2v) is 20.4. The molecule has 8 nitrogen and oxygen atoms in total. The number of primary amides is 4. The molecular formula is C60H65Cl3N4O4. The van der Waals surface area contributed by atoms with Crippen molar-refractivity contribution in [1.82, 2.24) is 0 Å². The number of nitrogens with two attached hydrogens (primary N) is 4. The van der Waals surface area contributed by atoms with E-state index in [9.17, 15) is 19.2 Å². The molecule has 4 aromatic rings. The number of fused-ring (bicyclic) bond motifs is 8. The van der Waals surface area contributed by atoms with Gasteiger partial charge in [0.2, 0.25) is 23.6 Å². The van der Waals surface area contributed by atoms with Crippen molar-refractivity contribution in [2.75, 3.05) is 0 Å². The van der Waals surface area contributed by atoms with E-state index in [1.165, 1.54) is 0 Å². The molecule has 4 aromatic carbocycles. The van der Waals surface area contributed by atoms with Crippen molar-refractivity contribution >= 4 is 80.7 Å². The van der Waals surface area contributed by atoms with E-state index in [-0.39, 0.29) is 54.9 Å². The topological polar surface area (TPSA) is 172 Å². The number of allylic oxidation sites excluding steroid dienone is 4. The molecule has 11 heteroatoms. The Kier molecular flexibility index (Phi) is 10.6. The summed E-state index contributed by atoms with van der Waals surface area (Å²) >= 11 is 18.4. The normalized spacial score (nSPS) is 28.4. The Bertz CT molecular complexity index is 3740. The number of hydrogen-bond donors (Lipinski definition) is 4.